The van der Waals surface area contributed by atoms with E-state index in [-0.39, 0.29) is 0 Å². The van der Waals surface area contributed by atoms with Crippen LogP contribution in [0.3, 0.4) is 0 Å². The molecule has 2 aromatic rings. The highest BCUT2D eigenvalue weighted by molar-refractivity contribution is 9.10. The van der Waals surface area contributed by atoms with Crippen LogP contribution in [0.5, 0.6) is 0 Å². The molecule has 2 N–H and O–H groups in total. The van der Waals surface area contributed by atoms with E-state index in [1.807, 2.05) is 54.8 Å². The number of hydrogen-bond acceptors (Lipinski definition) is 4. The maximum absolute atomic E-state index is 10.2. The second-order valence-corrected chi connectivity index (χ2v) is 6.58. The monoisotopic (exact) mass is 340 g/mol. The third-order valence-electron chi connectivity index (χ3n) is 3.01. The molecule has 0 aliphatic rings. The number of nitrogens with one attached hydrogen (secondary N) is 1. The first-order chi connectivity index (χ1) is 9.37. The summed E-state index contributed by atoms with van der Waals surface area (Å²) in [7, 11) is 3.91. The lowest BCUT2D eigenvalue weighted by Gasteiger charge is -2.27. The van der Waals surface area contributed by atoms with Crippen LogP contribution in [0.2, 0.25) is 0 Å². The fourth-order valence-electron chi connectivity index (χ4n) is 2.33. The third-order valence-corrected chi connectivity index (χ3v) is 3.48. The topological polar surface area (TPSA) is 52.8 Å². The second-order valence-electron chi connectivity index (χ2n) is 5.66. The van der Waals surface area contributed by atoms with Gasteiger partial charge in [0.2, 0.25) is 0 Å². The highest BCUT2D eigenvalue weighted by Crippen LogP contribution is 2.13. The Bertz CT molecular complexity index is 580. The van der Waals surface area contributed by atoms with Crippen molar-refractivity contribution in [3.8, 4) is 0 Å². The lowest BCUT2D eigenvalue weighted by Crippen LogP contribution is -2.45. The number of fused-ring (bicyclic) bond motifs is 1. The molecule has 1 atom stereocenters. The summed E-state index contributed by atoms with van der Waals surface area (Å²) in [5, 5.41) is 13.5. The van der Waals surface area contributed by atoms with Crippen molar-refractivity contribution in [3.05, 3.63) is 34.7 Å². The summed E-state index contributed by atoms with van der Waals surface area (Å²) in [4.78, 5) is 6.33. The summed E-state index contributed by atoms with van der Waals surface area (Å²) in [6, 6.07) is 3.94. The molecule has 2 heterocycles. The predicted octanol–water partition coefficient (Wildman–Crippen LogP) is 1.50. The minimum absolute atomic E-state index is 0.534. The molecule has 2 aromatic heterocycles. The van der Waals surface area contributed by atoms with E-state index in [4.69, 9.17) is 0 Å². The Labute approximate surface area is 127 Å². The van der Waals surface area contributed by atoms with Gasteiger partial charge in [0.05, 0.1) is 17.5 Å². The van der Waals surface area contributed by atoms with Crippen molar-refractivity contribution < 1.29 is 5.11 Å². The molecule has 0 amide bonds. The quantitative estimate of drug-likeness (QED) is 0.836. The smallest absolute Gasteiger partial charge is 0.136 e. The molecule has 0 aromatic carbocycles. The number of pyridine rings is 1. The number of rotatable bonds is 6. The molecule has 0 radical (unpaired) electrons. The minimum atomic E-state index is -0.745. The molecule has 0 aliphatic carbocycles. The average molecular weight is 341 g/mol. The molecule has 0 saturated heterocycles. The van der Waals surface area contributed by atoms with Crippen LogP contribution in [0.25, 0.3) is 5.65 Å². The maximum Gasteiger partial charge on any atom is 0.136 e. The van der Waals surface area contributed by atoms with Crippen LogP contribution < -0.4 is 5.32 Å². The van der Waals surface area contributed by atoms with Crippen molar-refractivity contribution in [2.75, 3.05) is 27.2 Å². The van der Waals surface area contributed by atoms with E-state index in [1.54, 1.807) is 0 Å². The fourth-order valence-corrected chi connectivity index (χ4v) is 2.67. The van der Waals surface area contributed by atoms with Gasteiger partial charge in [0.15, 0.2) is 0 Å². The molecule has 2 rings (SSSR count). The van der Waals surface area contributed by atoms with E-state index < -0.39 is 5.60 Å². The highest BCUT2D eigenvalue weighted by Gasteiger charge is 2.20. The van der Waals surface area contributed by atoms with Crippen LogP contribution in [0.15, 0.2) is 29.0 Å². The van der Waals surface area contributed by atoms with E-state index >= 15 is 0 Å². The zero-order chi connectivity index (χ0) is 14.8. The minimum Gasteiger partial charge on any atom is -0.388 e. The predicted molar refractivity (Wildman–Crippen MR) is 83.8 cm³/mol. The summed E-state index contributed by atoms with van der Waals surface area (Å²) in [6.45, 7) is 3.66. The molecule has 0 aliphatic heterocycles. The number of halogens is 1. The number of aliphatic hydroxyl groups is 1. The molecule has 0 bridgehead atoms. The third kappa shape index (κ3) is 4.02. The zero-order valence-electron chi connectivity index (χ0n) is 12.1. The molecule has 0 spiro atoms. The normalized spacial score (nSPS) is 14.9. The van der Waals surface area contributed by atoms with Crippen LogP contribution in [-0.4, -0.2) is 52.2 Å². The summed E-state index contributed by atoms with van der Waals surface area (Å²) in [5.41, 5.74) is 1.25. The van der Waals surface area contributed by atoms with Crippen molar-refractivity contribution in [2.24, 2.45) is 0 Å². The first-order valence-electron chi connectivity index (χ1n) is 6.57. The molecule has 0 fully saturated rings. The van der Waals surface area contributed by atoms with Crippen molar-refractivity contribution in [1.29, 1.82) is 0 Å². The van der Waals surface area contributed by atoms with E-state index in [2.05, 4.69) is 26.2 Å². The number of likely N-dealkylation sites (N-methyl/N-ethyl adjacent to an activating group) is 1. The van der Waals surface area contributed by atoms with E-state index in [9.17, 15) is 5.11 Å². The van der Waals surface area contributed by atoms with Crippen molar-refractivity contribution >= 4 is 21.6 Å². The van der Waals surface area contributed by atoms with Crippen LogP contribution in [0.1, 0.15) is 12.6 Å². The summed E-state index contributed by atoms with van der Waals surface area (Å²) in [6.07, 6.45) is 3.85. The van der Waals surface area contributed by atoms with Crippen LogP contribution in [-0.2, 0) is 6.54 Å². The van der Waals surface area contributed by atoms with Crippen LogP contribution in [0, 0.1) is 0 Å². The summed E-state index contributed by atoms with van der Waals surface area (Å²) >= 11 is 3.46. The molecular weight excluding hydrogens is 320 g/mol. The Balaban J connectivity index is 1.98. The van der Waals surface area contributed by atoms with Gasteiger partial charge >= 0.3 is 0 Å². The Morgan fingerprint density at radius 2 is 2.20 bits per heavy atom. The second kappa shape index (κ2) is 6.22. The van der Waals surface area contributed by atoms with Gasteiger partial charge < -0.3 is 19.7 Å². The molecule has 0 saturated carbocycles. The van der Waals surface area contributed by atoms with Crippen LogP contribution in [0.4, 0.5) is 0 Å². The number of nitrogens with zero attached hydrogens (tertiary/aromatic N) is 3. The van der Waals surface area contributed by atoms with Gasteiger partial charge in [-0.05, 0) is 49.1 Å². The van der Waals surface area contributed by atoms with Crippen molar-refractivity contribution in [1.82, 2.24) is 19.6 Å². The van der Waals surface area contributed by atoms with E-state index in [0.29, 0.717) is 19.6 Å². The highest BCUT2D eigenvalue weighted by atomic mass is 79.9. The molecule has 20 heavy (non-hydrogen) atoms. The van der Waals surface area contributed by atoms with Crippen molar-refractivity contribution in [2.45, 2.75) is 19.1 Å². The number of hydrogen-bond donors (Lipinski definition) is 2. The van der Waals surface area contributed by atoms with E-state index in [1.165, 1.54) is 0 Å². The number of imidazole rings is 1. The Morgan fingerprint density at radius 3 is 2.90 bits per heavy atom. The fraction of sp³-hybridized carbons (Fsp3) is 0.500. The molecule has 5 nitrogen and oxygen atoms in total. The molecule has 6 heteroatoms. The summed E-state index contributed by atoms with van der Waals surface area (Å²) < 4.78 is 3.06. The lowest BCUT2D eigenvalue weighted by molar-refractivity contribution is 0.0335. The zero-order valence-corrected chi connectivity index (χ0v) is 13.7. The lowest BCUT2D eigenvalue weighted by atomic mass is 10.1. The van der Waals surface area contributed by atoms with Gasteiger partial charge in [-0.3, -0.25) is 0 Å². The van der Waals surface area contributed by atoms with Gasteiger partial charge in [-0.25, -0.2) is 4.98 Å². The SMILES string of the molecule is CN(C)CC(C)(O)CNCc1cnc2ccc(Br)cn12. The Hall–Kier alpha value is -0.950. The molecule has 110 valence electrons. The van der Waals surface area contributed by atoms with Gasteiger partial charge in [0.25, 0.3) is 0 Å². The van der Waals surface area contributed by atoms with Gasteiger partial charge in [-0.2, -0.15) is 0 Å². The Morgan fingerprint density at radius 1 is 1.45 bits per heavy atom. The van der Waals surface area contributed by atoms with E-state index in [0.717, 1.165) is 15.8 Å². The summed E-state index contributed by atoms with van der Waals surface area (Å²) in [5.74, 6) is 0. The Kier molecular flexibility index (Phi) is 4.80. The largest absolute Gasteiger partial charge is 0.388 e. The van der Waals surface area contributed by atoms with Gasteiger partial charge in [0.1, 0.15) is 5.65 Å². The standard InChI is InChI=1S/C14H21BrN4O/c1-14(20,10-18(2)3)9-16-6-12-7-17-13-5-4-11(15)8-19(12)13/h4-5,7-8,16,20H,6,9-10H2,1-3H3. The van der Waals surface area contributed by atoms with Gasteiger partial charge in [-0.15, -0.1) is 0 Å². The number of aromatic nitrogens is 2. The van der Waals surface area contributed by atoms with Gasteiger partial charge in [0, 0.05) is 30.3 Å². The molecule has 1 unspecified atom stereocenters. The van der Waals surface area contributed by atoms with Crippen molar-refractivity contribution in [3.63, 3.8) is 0 Å². The molecular formula is C14H21BrN4O. The first kappa shape index (κ1) is 15.4. The van der Waals surface area contributed by atoms with Crippen LogP contribution >= 0.6 is 15.9 Å². The average Bonchev–Trinajstić information content (AvgIpc) is 2.70. The first-order valence-corrected chi connectivity index (χ1v) is 7.36. The van der Waals surface area contributed by atoms with Gasteiger partial charge in [-0.1, -0.05) is 0 Å². The maximum atomic E-state index is 10.2.